The smallest absolute Gasteiger partial charge is 0.417 e. The second-order valence-corrected chi connectivity index (χ2v) is 9.47. The summed E-state index contributed by atoms with van der Waals surface area (Å²) in [4.78, 5) is 28.8. The molecule has 1 aromatic heterocycles. The van der Waals surface area contributed by atoms with Crippen LogP contribution >= 0.6 is 0 Å². The molecule has 2 heterocycles. The third-order valence-corrected chi connectivity index (χ3v) is 6.00. The monoisotopic (exact) mass is 496 g/mol. The van der Waals surface area contributed by atoms with E-state index in [2.05, 4.69) is 4.98 Å². The summed E-state index contributed by atoms with van der Waals surface area (Å²) in [5.41, 5.74) is -1.36. The maximum Gasteiger partial charge on any atom is 0.417 e. The van der Waals surface area contributed by atoms with E-state index in [1.807, 2.05) is 0 Å². The average Bonchev–Trinajstić information content (AvgIpc) is 3.13. The van der Waals surface area contributed by atoms with E-state index in [1.54, 1.807) is 0 Å². The van der Waals surface area contributed by atoms with Crippen LogP contribution in [0.1, 0.15) is 12.5 Å². The minimum Gasteiger partial charge on any atom is -0.441 e. The Bertz CT molecular complexity index is 1430. The number of aromatic amines is 1. The van der Waals surface area contributed by atoms with Gasteiger partial charge in [0.1, 0.15) is 12.2 Å². The number of aromatic nitrogens is 1. The van der Waals surface area contributed by atoms with Crippen molar-refractivity contribution in [1.82, 2.24) is 4.98 Å². The van der Waals surface area contributed by atoms with E-state index in [4.69, 9.17) is 8.92 Å². The van der Waals surface area contributed by atoms with Crippen LogP contribution in [0.4, 0.5) is 23.7 Å². The first kappa shape index (κ1) is 23.8. The molecule has 1 aliphatic heterocycles. The SMILES string of the molecule is C[C@@H](OS(C)(=O)=O)[C@@H]1CN(c2ccc3cc(-c4ccccc4C(F)(F)F)[nH]c(=O)c3c2)C(=O)O1. The third kappa shape index (κ3) is 4.77. The number of amides is 1. The maximum atomic E-state index is 13.4. The number of nitrogens with one attached hydrogen (secondary N) is 1. The predicted octanol–water partition coefficient (Wildman–Crippen LogP) is 3.90. The molecule has 1 saturated heterocycles. The number of hydrogen-bond donors (Lipinski definition) is 1. The number of benzene rings is 2. The van der Waals surface area contributed by atoms with Crippen molar-refractivity contribution < 1.29 is 35.3 Å². The summed E-state index contributed by atoms with van der Waals surface area (Å²) < 4.78 is 73.0. The van der Waals surface area contributed by atoms with Crippen LogP contribution in [0.15, 0.2) is 53.3 Å². The number of cyclic esters (lactones) is 1. The highest BCUT2D eigenvalue weighted by Gasteiger charge is 2.38. The Balaban J connectivity index is 1.68. The normalized spacial score (nSPS) is 17.7. The van der Waals surface area contributed by atoms with E-state index in [0.717, 1.165) is 12.3 Å². The Morgan fingerprint density at radius 3 is 2.53 bits per heavy atom. The highest BCUT2D eigenvalue weighted by molar-refractivity contribution is 7.86. The molecular weight excluding hydrogens is 477 g/mol. The summed E-state index contributed by atoms with van der Waals surface area (Å²) in [6.07, 6.45) is -6.26. The second kappa shape index (κ2) is 8.44. The maximum absolute atomic E-state index is 13.4. The fourth-order valence-corrected chi connectivity index (χ4v) is 4.48. The predicted molar refractivity (Wildman–Crippen MR) is 118 cm³/mol. The largest absolute Gasteiger partial charge is 0.441 e. The molecule has 8 nitrogen and oxygen atoms in total. The van der Waals surface area contributed by atoms with Crippen LogP contribution in [-0.4, -0.2) is 44.5 Å². The lowest BCUT2D eigenvalue weighted by molar-refractivity contribution is -0.137. The van der Waals surface area contributed by atoms with E-state index >= 15 is 0 Å². The zero-order valence-corrected chi connectivity index (χ0v) is 18.7. The molecule has 0 spiro atoms. The van der Waals surface area contributed by atoms with Crippen molar-refractivity contribution in [2.75, 3.05) is 17.7 Å². The Hall–Kier alpha value is -3.38. The second-order valence-electron chi connectivity index (χ2n) is 7.87. The minimum absolute atomic E-state index is 0.00516. The van der Waals surface area contributed by atoms with E-state index in [-0.39, 0.29) is 23.2 Å². The lowest BCUT2D eigenvalue weighted by Crippen LogP contribution is -2.32. The molecule has 0 bridgehead atoms. The number of anilines is 1. The van der Waals surface area contributed by atoms with Gasteiger partial charge in [-0.2, -0.15) is 21.6 Å². The van der Waals surface area contributed by atoms with Crippen molar-refractivity contribution in [2.24, 2.45) is 0 Å². The molecule has 3 aromatic rings. The van der Waals surface area contributed by atoms with E-state index < -0.39 is 45.7 Å². The summed E-state index contributed by atoms with van der Waals surface area (Å²) in [5, 5.41) is 0.528. The highest BCUT2D eigenvalue weighted by Crippen LogP contribution is 2.37. The van der Waals surface area contributed by atoms with Crippen molar-refractivity contribution in [3.63, 3.8) is 0 Å². The fraction of sp³-hybridized carbons (Fsp3) is 0.273. The van der Waals surface area contributed by atoms with Gasteiger partial charge in [-0.1, -0.05) is 24.3 Å². The van der Waals surface area contributed by atoms with Crippen molar-refractivity contribution in [3.8, 4) is 11.3 Å². The number of rotatable bonds is 5. The van der Waals surface area contributed by atoms with Crippen LogP contribution < -0.4 is 10.5 Å². The lowest BCUT2D eigenvalue weighted by atomic mass is 10.0. The number of alkyl halides is 3. The van der Waals surface area contributed by atoms with Crippen LogP contribution in [0.3, 0.4) is 0 Å². The summed E-state index contributed by atoms with van der Waals surface area (Å²) >= 11 is 0. The Kier molecular flexibility index (Phi) is 5.90. The molecule has 0 radical (unpaired) electrons. The molecule has 4 rings (SSSR count). The summed E-state index contributed by atoms with van der Waals surface area (Å²) in [7, 11) is -3.76. The van der Waals surface area contributed by atoms with Gasteiger partial charge < -0.3 is 9.72 Å². The third-order valence-electron chi connectivity index (χ3n) is 5.35. The van der Waals surface area contributed by atoms with Gasteiger partial charge in [0.25, 0.3) is 15.7 Å². The number of H-pyrrole nitrogens is 1. The van der Waals surface area contributed by atoms with Crippen LogP contribution in [0, 0.1) is 0 Å². The van der Waals surface area contributed by atoms with Gasteiger partial charge in [0.05, 0.1) is 18.4 Å². The van der Waals surface area contributed by atoms with Crippen molar-refractivity contribution in [2.45, 2.75) is 25.3 Å². The molecule has 34 heavy (non-hydrogen) atoms. The van der Waals surface area contributed by atoms with Crippen LogP contribution in [0.5, 0.6) is 0 Å². The molecule has 0 saturated carbocycles. The molecule has 0 aliphatic carbocycles. The van der Waals surface area contributed by atoms with Gasteiger partial charge in [-0.15, -0.1) is 0 Å². The highest BCUT2D eigenvalue weighted by atomic mass is 32.2. The standard InChI is InChI=1S/C22H19F3N2O6S/c1-12(33-34(2,30)31)19-11-27(21(29)32-19)14-8-7-13-9-18(26-20(28)16(13)10-14)15-5-3-4-6-17(15)22(23,24)25/h3-10,12,19H,11H2,1-2H3,(H,26,28)/t12-,19+/m1/s1. The van der Waals surface area contributed by atoms with Gasteiger partial charge in [-0.3, -0.25) is 13.9 Å². The molecular formula is C22H19F3N2O6S. The van der Waals surface area contributed by atoms with Gasteiger partial charge in [-0.05, 0) is 36.6 Å². The Morgan fingerprint density at radius 2 is 1.85 bits per heavy atom. The number of fused-ring (bicyclic) bond motifs is 1. The number of pyridine rings is 1. The first-order chi connectivity index (χ1) is 15.8. The molecule has 1 aliphatic rings. The number of carbonyl (C=O) groups excluding carboxylic acids is 1. The summed E-state index contributed by atoms with van der Waals surface area (Å²) in [6, 6.07) is 10.8. The summed E-state index contributed by atoms with van der Waals surface area (Å²) in [5.74, 6) is 0. The number of ether oxygens (including phenoxy) is 1. The van der Waals surface area contributed by atoms with Gasteiger partial charge in [-0.25, -0.2) is 4.79 Å². The average molecular weight is 496 g/mol. The number of nitrogens with zero attached hydrogens (tertiary/aromatic N) is 1. The van der Waals surface area contributed by atoms with Gasteiger partial charge in [0, 0.05) is 22.3 Å². The van der Waals surface area contributed by atoms with Gasteiger partial charge >= 0.3 is 12.3 Å². The first-order valence-electron chi connectivity index (χ1n) is 10.0. The van der Waals surface area contributed by atoms with Crippen molar-refractivity contribution in [1.29, 1.82) is 0 Å². The van der Waals surface area contributed by atoms with E-state index in [1.165, 1.54) is 54.3 Å². The van der Waals surface area contributed by atoms with Crippen molar-refractivity contribution in [3.05, 3.63) is 64.4 Å². The quantitative estimate of drug-likeness (QED) is 0.537. The van der Waals surface area contributed by atoms with Gasteiger partial charge in [0.15, 0.2) is 0 Å². The molecule has 2 atom stereocenters. The van der Waals surface area contributed by atoms with E-state index in [9.17, 15) is 31.2 Å². The molecule has 180 valence electrons. The Morgan fingerprint density at radius 1 is 1.15 bits per heavy atom. The number of halogens is 3. The van der Waals surface area contributed by atoms with Gasteiger partial charge in [0.2, 0.25) is 0 Å². The van der Waals surface area contributed by atoms with Crippen LogP contribution in [0.25, 0.3) is 22.0 Å². The van der Waals surface area contributed by atoms with Crippen molar-refractivity contribution >= 4 is 32.7 Å². The zero-order valence-electron chi connectivity index (χ0n) is 17.9. The molecule has 2 aromatic carbocycles. The lowest BCUT2D eigenvalue weighted by Gasteiger charge is -2.17. The molecule has 0 unspecified atom stereocenters. The number of carbonyl (C=O) groups is 1. The summed E-state index contributed by atoms with van der Waals surface area (Å²) in [6.45, 7) is 1.43. The molecule has 1 amide bonds. The molecule has 1 N–H and O–H groups in total. The molecule has 1 fully saturated rings. The fourth-order valence-electron chi connectivity index (χ4n) is 3.80. The first-order valence-corrected chi connectivity index (χ1v) is 11.9. The Labute approximate surface area is 192 Å². The van der Waals surface area contributed by atoms with E-state index in [0.29, 0.717) is 11.1 Å². The number of hydrogen-bond acceptors (Lipinski definition) is 6. The minimum atomic E-state index is -4.60. The topological polar surface area (TPSA) is 106 Å². The molecule has 12 heteroatoms. The van der Waals surface area contributed by atoms with Crippen LogP contribution in [0.2, 0.25) is 0 Å². The van der Waals surface area contributed by atoms with Crippen LogP contribution in [-0.2, 0) is 25.2 Å². The zero-order chi connectivity index (χ0) is 24.8.